The van der Waals surface area contributed by atoms with Crippen molar-refractivity contribution in [3.05, 3.63) is 0 Å². The fourth-order valence-electron chi connectivity index (χ4n) is 2.85. The molecule has 0 bridgehead atoms. The minimum Gasteiger partial charge on any atom is -0.195 e. The van der Waals surface area contributed by atoms with Crippen LogP contribution in [0.2, 0.25) is 0 Å². The molecule has 2 aliphatic rings. The molecule has 0 aromatic carbocycles. The highest BCUT2D eigenvalue weighted by atomic mass is 35.5. The summed E-state index contributed by atoms with van der Waals surface area (Å²) in [4.78, 5) is 0. The van der Waals surface area contributed by atoms with E-state index in [0.29, 0.717) is 38.0 Å². The third-order valence-electron chi connectivity index (χ3n) is 4.43. The van der Waals surface area contributed by atoms with Crippen molar-refractivity contribution in [2.75, 3.05) is 32.1 Å². The van der Waals surface area contributed by atoms with Crippen LogP contribution in [0.3, 0.4) is 0 Å². The molecule has 0 aromatic heterocycles. The van der Waals surface area contributed by atoms with Gasteiger partial charge in [0.15, 0.2) is 0 Å². The van der Waals surface area contributed by atoms with Crippen LogP contribution in [0, 0.1) is 11.3 Å². The largest absolute Gasteiger partial charge is 0.281 e. The second-order valence-corrected chi connectivity index (χ2v) is 8.83. The van der Waals surface area contributed by atoms with Crippen molar-refractivity contribution in [3.63, 3.8) is 0 Å². The first-order valence-corrected chi connectivity index (χ1v) is 9.09. The molecule has 0 aliphatic carbocycles. The van der Waals surface area contributed by atoms with E-state index in [4.69, 9.17) is 11.6 Å². The molecule has 0 N–H and O–H groups in total. The Morgan fingerprint density at radius 1 is 1.16 bits per heavy atom. The van der Waals surface area contributed by atoms with Gasteiger partial charge < -0.3 is 0 Å². The van der Waals surface area contributed by atoms with Crippen molar-refractivity contribution in [2.45, 2.75) is 39.5 Å². The van der Waals surface area contributed by atoms with Crippen molar-refractivity contribution in [3.8, 4) is 0 Å². The van der Waals surface area contributed by atoms with Gasteiger partial charge in [0.1, 0.15) is 0 Å². The summed E-state index contributed by atoms with van der Waals surface area (Å²) < 4.78 is 28.5. The van der Waals surface area contributed by atoms with Crippen molar-refractivity contribution >= 4 is 21.8 Å². The van der Waals surface area contributed by atoms with E-state index in [2.05, 4.69) is 13.8 Å². The van der Waals surface area contributed by atoms with E-state index in [9.17, 15) is 8.42 Å². The van der Waals surface area contributed by atoms with Crippen molar-refractivity contribution in [1.82, 2.24) is 8.61 Å². The van der Waals surface area contributed by atoms with Crippen LogP contribution in [-0.4, -0.2) is 49.1 Å². The molecule has 2 aliphatic heterocycles. The van der Waals surface area contributed by atoms with Crippen LogP contribution in [0.1, 0.15) is 39.5 Å². The molecule has 2 heterocycles. The van der Waals surface area contributed by atoms with Crippen molar-refractivity contribution in [2.24, 2.45) is 11.3 Å². The minimum absolute atomic E-state index is 0.270. The summed E-state index contributed by atoms with van der Waals surface area (Å²) in [5.74, 6) is 0.866. The Hall–Kier alpha value is 0.160. The fourth-order valence-corrected chi connectivity index (χ4v) is 4.83. The van der Waals surface area contributed by atoms with E-state index in [1.165, 1.54) is 0 Å². The number of hydrogen-bond donors (Lipinski definition) is 0. The lowest BCUT2D eigenvalue weighted by atomic mass is 9.83. The van der Waals surface area contributed by atoms with Crippen molar-refractivity contribution in [1.29, 1.82) is 0 Å². The topological polar surface area (TPSA) is 40.6 Å². The van der Waals surface area contributed by atoms with Crippen LogP contribution in [0.15, 0.2) is 0 Å². The van der Waals surface area contributed by atoms with Gasteiger partial charge in [0.05, 0.1) is 0 Å². The Labute approximate surface area is 122 Å². The lowest BCUT2D eigenvalue weighted by Gasteiger charge is -2.40. The van der Waals surface area contributed by atoms with E-state index in [1.807, 2.05) is 0 Å². The van der Waals surface area contributed by atoms with E-state index >= 15 is 0 Å². The zero-order valence-corrected chi connectivity index (χ0v) is 13.5. The third kappa shape index (κ3) is 3.63. The number of alkyl halides is 1. The average molecular weight is 309 g/mol. The summed E-state index contributed by atoms with van der Waals surface area (Å²) in [5, 5.41) is 0. The Balaban J connectivity index is 2.02. The van der Waals surface area contributed by atoms with Gasteiger partial charge in [0, 0.05) is 32.1 Å². The zero-order chi connectivity index (χ0) is 14.1. The molecule has 6 heteroatoms. The van der Waals surface area contributed by atoms with Gasteiger partial charge in [0.25, 0.3) is 10.2 Å². The highest BCUT2D eigenvalue weighted by Gasteiger charge is 2.37. The number of nitrogens with zero attached hydrogens (tertiary/aromatic N) is 2. The maximum atomic E-state index is 12.6. The summed E-state index contributed by atoms with van der Waals surface area (Å²) in [7, 11) is -3.27. The van der Waals surface area contributed by atoms with Gasteiger partial charge in [0.2, 0.25) is 0 Å². The molecule has 2 rings (SSSR count). The van der Waals surface area contributed by atoms with Gasteiger partial charge in [-0.05, 0) is 37.0 Å². The smallest absolute Gasteiger partial charge is 0.195 e. The molecule has 1 atom stereocenters. The lowest BCUT2D eigenvalue weighted by molar-refractivity contribution is 0.180. The predicted molar refractivity (Wildman–Crippen MR) is 78.5 cm³/mol. The van der Waals surface area contributed by atoms with Crippen LogP contribution in [0.5, 0.6) is 0 Å². The summed E-state index contributed by atoms with van der Waals surface area (Å²) >= 11 is 5.88. The van der Waals surface area contributed by atoms with Crippen LogP contribution in [0.4, 0.5) is 0 Å². The second kappa shape index (κ2) is 5.88. The Morgan fingerprint density at radius 2 is 1.79 bits per heavy atom. The molecular weight excluding hydrogens is 284 g/mol. The summed E-state index contributed by atoms with van der Waals surface area (Å²) in [5.41, 5.74) is 0.270. The number of halogens is 1. The maximum absolute atomic E-state index is 12.6. The molecule has 0 saturated carbocycles. The Kier molecular flexibility index (Phi) is 4.81. The van der Waals surface area contributed by atoms with Crippen LogP contribution in [-0.2, 0) is 10.2 Å². The fraction of sp³-hybridized carbons (Fsp3) is 1.00. The predicted octanol–water partition coefficient (Wildman–Crippen LogP) is 2.30. The highest BCUT2D eigenvalue weighted by Crippen LogP contribution is 2.32. The summed E-state index contributed by atoms with van der Waals surface area (Å²) in [6, 6.07) is 0. The molecule has 19 heavy (non-hydrogen) atoms. The minimum atomic E-state index is -3.27. The van der Waals surface area contributed by atoms with E-state index in [-0.39, 0.29) is 5.41 Å². The van der Waals surface area contributed by atoms with Crippen molar-refractivity contribution < 1.29 is 8.42 Å². The molecule has 1 unspecified atom stereocenters. The van der Waals surface area contributed by atoms with E-state index < -0.39 is 10.2 Å². The number of rotatable bonds is 3. The standard InChI is InChI=1S/C13H25ClN2O2S/c1-13(2)5-8-15(9-6-13)19(17,18)16-7-3-4-12(10-14)11-16/h12H,3-11H2,1-2H3. The van der Waals surface area contributed by atoms with Gasteiger partial charge in [-0.1, -0.05) is 13.8 Å². The number of hydrogen-bond acceptors (Lipinski definition) is 2. The molecule has 0 aromatic rings. The molecule has 2 fully saturated rings. The highest BCUT2D eigenvalue weighted by molar-refractivity contribution is 7.86. The quantitative estimate of drug-likeness (QED) is 0.751. The van der Waals surface area contributed by atoms with Crippen LogP contribution >= 0.6 is 11.6 Å². The van der Waals surface area contributed by atoms with Gasteiger partial charge >= 0.3 is 0 Å². The number of piperidine rings is 2. The average Bonchev–Trinajstić information content (AvgIpc) is 2.38. The maximum Gasteiger partial charge on any atom is 0.281 e. The SMILES string of the molecule is CC1(C)CCN(S(=O)(=O)N2CCCC(CCl)C2)CC1. The van der Waals surface area contributed by atoms with Crippen LogP contribution in [0.25, 0.3) is 0 Å². The van der Waals surface area contributed by atoms with Gasteiger partial charge in [-0.2, -0.15) is 17.0 Å². The van der Waals surface area contributed by atoms with Gasteiger partial charge in [-0.3, -0.25) is 0 Å². The van der Waals surface area contributed by atoms with Crippen LogP contribution < -0.4 is 0 Å². The monoisotopic (exact) mass is 308 g/mol. The summed E-state index contributed by atoms with van der Waals surface area (Å²) in [6.07, 6.45) is 3.86. The van der Waals surface area contributed by atoms with E-state index in [1.54, 1.807) is 8.61 Å². The molecule has 0 radical (unpaired) electrons. The van der Waals surface area contributed by atoms with Gasteiger partial charge in [-0.15, -0.1) is 11.6 Å². The molecule has 2 saturated heterocycles. The molecule has 0 amide bonds. The third-order valence-corrected chi connectivity index (χ3v) is 6.87. The molecule has 112 valence electrons. The normalized spacial score (nSPS) is 30.4. The first kappa shape index (κ1) is 15.5. The second-order valence-electron chi connectivity index (χ2n) is 6.59. The first-order chi connectivity index (χ1) is 8.85. The molecular formula is C13H25ClN2O2S. The van der Waals surface area contributed by atoms with Gasteiger partial charge in [-0.25, -0.2) is 0 Å². The van der Waals surface area contributed by atoms with E-state index in [0.717, 1.165) is 25.7 Å². The lowest BCUT2D eigenvalue weighted by Crippen LogP contribution is -2.51. The Morgan fingerprint density at radius 3 is 2.37 bits per heavy atom. The molecule has 0 spiro atoms. The Bertz CT molecular complexity index is 401. The summed E-state index contributed by atoms with van der Waals surface area (Å²) in [6.45, 7) is 6.96. The molecule has 4 nitrogen and oxygen atoms in total. The zero-order valence-electron chi connectivity index (χ0n) is 11.9. The first-order valence-electron chi connectivity index (χ1n) is 7.16.